The summed E-state index contributed by atoms with van der Waals surface area (Å²) in [6.07, 6.45) is 2.04. The lowest BCUT2D eigenvalue weighted by Gasteiger charge is -2.11. The quantitative estimate of drug-likeness (QED) is 0.784. The third-order valence-corrected chi connectivity index (χ3v) is 1.80. The first kappa shape index (κ1) is 11.5. The molecule has 0 aliphatic rings. The van der Waals surface area contributed by atoms with Crippen molar-refractivity contribution in [1.29, 1.82) is 0 Å². The number of ether oxygens (including phenoxy) is 2. The predicted molar refractivity (Wildman–Crippen MR) is 55.8 cm³/mol. The number of hydrogen-bond acceptors (Lipinski definition) is 6. The van der Waals surface area contributed by atoms with E-state index in [9.17, 15) is 0 Å². The van der Waals surface area contributed by atoms with Crippen LogP contribution in [0.15, 0.2) is 0 Å². The van der Waals surface area contributed by atoms with Gasteiger partial charge in [0, 0.05) is 0 Å². The van der Waals surface area contributed by atoms with Crippen LogP contribution in [0.1, 0.15) is 26.7 Å². The van der Waals surface area contributed by atoms with Crippen LogP contribution in [0.2, 0.25) is 0 Å². The molecule has 0 fully saturated rings. The second-order valence-electron chi connectivity index (χ2n) is 3.18. The molecule has 2 N–H and O–H groups in total. The van der Waals surface area contributed by atoms with Crippen molar-refractivity contribution in [3.8, 4) is 12.0 Å². The van der Waals surface area contributed by atoms with Crippen LogP contribution in [0.25, 0.3) is 0 Å². The Morgan fingerprint density at radius 1 is 1.27 bits per heavy atom. The number of rotatable bonds is 5. The van der Waals surface area contributed by atoms with Crippen molar-refractivity contribution >= 4 is 5.95 Å². The minimum atomic E-state index is 0.0570. The fourth-order valence-corrected chi connectivity index (χ4v) is 1.14. The average molecular weight is 212 g/mol. The van der Waals surface area contributed by atoms with Crippen molar-refractivity contribution in [2.75, 3.05) is 12.8 Å². The summed E-state index contributed by atoms with van der Waals surface area (Å²) in [7, 11) is 1.47. The van der Waals surface area contributed by atoms with E-state index in [1.54, 1.807) is 0 Å². The molecular formula is C9H16N4O2. The number of nitrogens with two attached hydrogens (primary N) is 1. The minimum Gasteiger partial charge on any atom is -0.467 e. The molecule has 0 saturated carbocycles. The van der Waals surface area contributed by atoms with Crippen molar-refractivity contribution in [2.45, 2.75) is 32.8 Å². The largest absolute Gasteiger partial charge is 0.467 e. The van der Waals surface area contributed by atoms with Gasteiger partial charge in [-0.15, -0.1) is 4.98 Å². The summed E-state index contributed by atoms with van der Waals surface area (Å²) in [6, 6.07) is 0.376. The second kappa shape index (κ2) is 5.33. The molecule has 0 spiro atoms. The van der Waals surface area contributed by atoms with Crippen LogP contribution in [-0.2, 0) is 0 Å². The highest BCUT2D eigenvalue weighted by atomic mass is 16.5. The summed E-state index contributed by atoms with van der Waals surface area (Å²) in [6.45, 7) is 4.04. The fraction of sp³-hybridized carbons (Fsp3) is 0.667. The lowest BCUT2D eigenvalue weighted by atomic mass is 10.2. The Bertz CT molecular complexity index is 319. The highest BCUT2D eigenvalue weighted by molar-refractivity contribution is 5.20. The number of methoxy groups -OCH3 is 1. The fourth-order valence-electron chi connectivity index (χ4n) is 1.14. The van der Waals surface area contributed by atoms with Gasteiger partial charge in [-0.25, -0.2) is 0 Å². The molecule has 0 aliphatic carbocycles. The molecule has 0 saturated heterocycles. The zero-order valence-electron chi connectivity index (χ0n) is 9.23. The highest BCUT2D eigenvalue weighted by Crippen LogP contribution is 2.13. The van der Waals surface area contributed by atoms with Crippen molar-refractivity contribution in [2.24, 2.45) is 0 Å². The first-order chi connectivity index (χ1) is 7.15. The van der Waals surface area contributed by atoms with Crippen molar-refractivity contribution < 1.29 is 9.47 Å². The Labute approximate surface area is 88.8 Å². The van der Waals surface area contributed by atoms with Crippen molar-refractivity contribution in [1.82, 2.24) is 15.0 Å². The zero-order valence-corrected chi connectivity index (χ0v) is 9.23. The summed E-state index contributed by atoms with van der Waals surface area (Å²) >= 11 is 0. The smallest absolute Gasteiger partial charge is 0.324 e. The van der Waals surface area contributed by atoms with E-state index in [0.29, 0.717) is 0 Å². The lowest BCUT2D eigenvalue weighted by Crippen LogP contribution is -2.14. The molecule has 1 atom stereocenters. The first-order valence-electron chi connectivity index (χ1n) is 4.88. The molecule has 1 rings (SSSR count). The molecule has 1 aromatic heterocycles. The van der Waals surface area contributed by atoms with Gasteiger partial charge in [0.25, 0.3) is 0 Å². The molecule has 1 heterocycles. The third-order valence-electron chi connectivity index (χ3n) is 1.80. The minimum absolute atomic E-state index is 0.0570. The second-order valence-corrected chi connectivity index (χ2v) is 3.18. The van der Waals surface area contributed by atoms with E-state index in [2.05, 4.69) is 21.9 Å². The van der Waals surface area contributed by atoms with E-state index in [0.717, 1.165) is 12.8 Å². The van der Waals surface area contributed by atoms with E-state index in [1.165, 1.54) is 7.11 Å². The summed E-state index contributed by atoms with van der Waals surface area (Å²) in [5, 5.41) is 0. The zero-order chi connectivity index (χ0) is 11.3. The van der Waals surface area contributed by atoms with Gasteiger partial charge in [-0.2, -0.15) is 9.97 Å². The molecule has 0 bridgehead atoms. The van der Waals surface area contributed by atoms with Crippen LogP contribution >= 0.6 is 0 Å². The van der Waals surface area contributed by atoms with Gasteiger partial charge in [-0.05, 0) is 13.3 Å². The first-order valence-corrected chi connectivity index (χ1v) is 4.88. The van der Waals surface area contributed by atoms with E-state index >= 15 is 0 Å². The number of nitrogens with zero attached hydrogens (tertiary/aromatic N) is 3. The van der Waals surface area contributed by atoms with Crippen molar-refractivity contribution in [3.05, 3.63) is 0 Å². The highest BCUT2D eigenvalue weighted by Gasteiger charge is 2.09. The maximum atomic E-state index is 5.46. The molecule has 1 unspecified atom stereocenters. The van der Waals surface area contributed by atoms with E-state index in [4.69, 9.17) is 15.2 Å². The van der Waals surface area contributed by atoms with E-state index in [1.807, 2.05) is 6.92 Å². The molecule has 84 valence electrons. The molecule has 0 aromatic carbocycles. The van der Waals surface area contributed by atoms with Crippen LogP contribution in [0.5, 0.6) is 12.0 Å². The monoisotopic (exact) mass is 212 g/mol. The predicted octanol–water partition coefficient (Wildman–Crippen LogP) is 1.03. The summed E-state index contributed by atoms with van der Waals surface area (Å²) in [5.41, 5.74) is 5.46. The number of hydrogen-bond donors (Lipinski definition) is 1. The van der Waals surface area contributed by atoms with Crippen LogP contribution in [0.3, 0.4) is 0 Å². The molecule has 6 heteroatoms. The molecule has 1 aromatic rings. The Hall–Kier alpha value is -1.59. The van der Waals surface area contributed by atoms with Crippen LogP contribution in [0.4, 0.5) is 5.95 Å². The van der Waals surface area contributed by atoms with Crippen LogP contribution in [-0.4, -0.2) is 28.2 Å². The number of nitrogen functional groups attached to an aromatic ring is 1. The molecular weight excluding hydrogens is 196 g/mol. The summed E-state index contributed by atoms with van der Waals surface area (Å²) in [4.78, 5) is 11.5. The molecule has 15 heavy (non-hydrogen) atoms. The van der Waals surface area contributed by atoms with Gasteiger partial charge in [0.1, 0.15) is 0 Å². The number of anilines is 1. The van der Waals surface area contributed by atoms with Gasteiger partial charge in [0.05, 0.1) is 13.2 Å². The topological polar surface area (TPSA) is 83.2 Å². The molecule has 0 aliphatic heterocycles. The van der Waals surface area contributed by atoms with Crippen LogP contribution < -0.4 is 15.2 Å². The van der Waals surface area contributed by atoms with Gasteiger partial charge >= 0.3 is 12.0 Å². The molecule has 0 amide bonds. The lowest BCUT2D eigenvalue weighted by molar-refractivity contribution is 0.189. The Morgan fingerprint density at radius 2 is 1.93 bits per heavy atom. The van der Waals surface area contributed by atoms with Gasteiger partial charge in [-0.3, -0.25) is 0 Å². The SMILES string of the molecule is CCCC(C)Oc1nc(N)nc(OC)n1. The maximum absolute atomic E-state index is 5.46. The van der Waals surface area contributed by atoms with Crippen molar-refractivity contribution in [3.63, 3.8) is 0 Å². The molecule has 6 nitrogen and oxygen atoms in total. The van der Waals surface area contributed by atoms with Gasteiger partial charge < -0.3 is 15.2 Å². The van der Waals surface area contributed by atoms with Crippen LogP contribution in [0, 0.1) is 0 Å². The number of aromatic nitrogens is 3. The third kappa shape index (κ3) is 3.57. The maximum Gasteiger partial charge on any atom is 0.324 e. The Morgan fingerprint density at radius 3 is 2.53 bits per heavy atom. The molecule has 0 radical (unpaired) electrons. The van der Waals surface area contributed by atoms with Gasteiger partial charge in [0.15, 0.2) is 0 Å². The normalized spacial score (nSPS) is 12.2. The van der Waals surface area contributed by atoms with Gasteiger partial charge in [-0.1, -0.05) is 13.3 Å². The van der Waals surface area contributed by atoms with E-state index < -0.39 is 0 Å². The summed E-state index contributed by atoms with van der Waals surface area (Å²) in [5.74, 6) is 0.0977. The standard InChI is InChI=1S/C9H16N4O2/c1-4-5-6(2)15-9-12-7(10)11-8(13-9)14-3/h6H,4-5H2,1-3H3,(H2,10,11,12,13). The van der Waals surface area contributed by atoms with Gasteiger partial charge in [0.2, 0.25) is 5.95 Å². The summed E-state index contributed by atoms with van der Waals surface area (Å²) < 4.78 is 10.3. The Balaban J connectivity index is 2.71. The average Bonchev–Trinajstić information content (AvgIpc) is 2.17. The Kier molecular flexibility index (Phi) is 4.08. The van der Waals surface area contributed by atoms with E-state index in [-0.39, 0.29) is 24.1 Å².